The van der Waals surface area contributed by atoms with Crippen molar-refractivity contribution < 1.29 is 39.6 Å². The number of rotatable bonds is 4. The van der Waals surface area contributed by atoms with Gasteiger partial charge >= 0.3 is 0 Å². The molecule has 0 aromatic heterocycles. The van der Waals surface area contributed by atoms with Gasteiger partial charge in [0.25, 0.3) is 0 Å². The molecule has 3 atom stereocenters. The van der Waals surface area contributed by atoms with Gasteiger partial charge < -0.3 is 25.7 Å². The fraction of sp³-hybridized carbons (Fsp3) is 0.462. The van der Waals surface area contributed by atoms with Gasteiger partial charge in [-0.15, -0.1) is 0 Å². The molecule has 1 aromatic carbocycles. The van der Waals surface area contributed by atoms with Gasteiger partial charge in [-0.1, -0.05) is 26.8 Å². The van der Waals surface area contributed by atoms with E-state index in [1.807, 2.05) is 13.8 Å². The molecule has 0 aliphatic heterocycles. The number of anilines is 1. The van der Waals surface area contributed by atoms with Crippen LogP contribution in [0.3, 0.4) is 0 Å². The van der Waals surface area contributed by atoms with E-state index in [9.17, 15) is 39.6 Å². The first kappa shape index (κ1) is 24.7. The maximum atomic E-state index is 13.6. The van der Waals surface area contributed by atoms with Gasteiger partial charge in [0.2, 0.25) is 11.7 Å². The number of phenolic OH excluding ortho intramolecular Hbond substituents is 1. The summed E-state index contributed by atoms with van der Waals surface area (Å²) < 4.78 is 0. The Bertz CT molecular complexity index is 1260. The number of carbonyl (C=O) groups excluding carboxylic acids is 4. The lowest BCUT2D eigenvalue weighted by atomic mass is 9.53. The largest absolute Gasteiger partial charge is 0.511 e. The molecular formula is C26H29NO8. The monoisotopic (exact) mass is 483 g/mol. The van der Waals surface area contributed by atoms with Crippen LogP contribution in [0.1, 0.15) is 62.9 Å². The van der Waals surface area contributed by atoms with Gasteiger partial charge in [-0.3, -0.25) is 19.2 Å². The number of allylic oxidation sites excluding steroid dienone is 2. The van der Waals surface area contributed by atoms with E-state index in [0.717, 1.165) is 6.92 Å². The fourth-order valence-corrected chi connectivity index (χ4v) is 5.78. The molecule has 3 aliphatic rings. The summed E-state index contributed by atoms with van der Waals surface area (Å²) in [5, 5.41) is 46.6. The minimum absolute atomic E-state index is 0.0427. The zero-order chi connectivity index (χ0) is 26.0. The van der Waals surface area contributed by atoms with Crippen molar-refractivity contribution in [1.82, 2.24) is 0 Å². The Labute approximate surface area is 202 Å². The van der Waals surface area contributed by atoms with E-state index in [0.29, 0.717) is 5.56 Å². The number of aromatic hydroxyl groups is 1. The average molecular weight is 484 g/mol. The summed E-state index contributed by atoms with van der Waals surface area (Å²) in [6, 6.07) is 3.12. The van der Waals surface area contributed by atoms with E-state index in [-0.39, 0.29) is 54.3 Å². The van der Waals surface area contributed by atoms with Crippen LogP contribution >= 0.6 is 0 Å². The number of ketones is 3. The van der Waals surface area contributed by atoms with Gasteiger partial charge in [-0.2, -0.15) is 0 Å². The molecule has 1 aromatic rings. The maximum absolute atomic E-state index is 13.6. The van der Waals surface area contributed by atoms with Crippen LogP contribution in [0.15, 0.2) is 34.8 Å². The summed E-state index contributed by atoms with van der Waals surface area (Å²) in [5.74, 6) is -5.31. The van der Waals surface area contributed by atoms with Crippen LogP contribution in [0.25, 0.3) is 0 Å². The van der Waals surface area contributed by atoms with E-state index in [1.54, 1.807) is 6.07 Å². The Morgan fingerprint density at radius 2 is 1.83 bits per heavy atom. The van der Waals surface area contributed by atoms with Crippen LogP contribution in [0.2, 0.25) is 0 Å². The summed E-state index contributed by atoms with van der Waals surface area (Å²) in [6.45, 7) is 6.33. The van der Waals surface area contributed by atoms with Gasteiger partial charge in [-0.05, 0) is 43.2 Å². The predicted octanol–water partition coefficient (Wildman–Crippen LogP) is 3.06. The lowest BCUT2D eigenvalue weighted by Crippen LogP contribution is -2.62. The van der Waals surface area contributed by atoms with Crippen molar-refractivity contribution in [3.63, 3.8) is 0 Å². The molecule has 0 spiro atoms. The molecule has 3 aliphatic carbocycles. The number of phenols is 1. The number of nitrogens with one attached hydrogen (secondary N) is 1. The maximum Gasteiger partial charge on any atom is 0.224 e. The van der Waals surface area contributed by atoms with Crippen LogP contribution in [0, 0.1) is 17.3 Å². The van der Waals surface area contributed by atoms with Crippen LogP contribution in [-0.2, 0) is 20.8 Å². The van der Waals surface area contributed by atoms with Gasteiger partial charge in [0.1, 0.15) is 17.1 Å². The number of amides is 1. The molecular weight excluding hydrogens is 454 g/mol. The van der Waals surface area contributed by atoms with Crippen molar-refractivity contribution >= 4 is 28.9 Å². The van der Waals surface area contributed by atoms with Crippen LogP contribution in [0.4, 0.5) is 5.69 Å². The quantitative estimate of drug-likeness (QED) is 0.322. The highest BCUT2D eigenvalue weighted by Crippen LogP contribution is 2.58. The number of hydrogen-bond donors (Lipinski definition) is 5. The number of hydrogen-bond acceptors (Lipinski definition) is 8. The molecule has 0 heterocycles. The van der Waals surface area contributed by atoms with Gasteiger partial charge in [0, 0.05) is 23.8 Å². The number of aliphatic hydroxyl groups is 3. The highest BCUT2D eigenvalue weighted by Gasteiger charge is 2.65. The van der Waals surface area contributed by atoms with Gasteiger partial charge in [0.15, 0.2) is 22.9 Å². The van der Waals surface area contributed by atoms with Crippen molar-refractivity contribution in [2.45, 2.75) is 59.0 Å². The first-order valence-electron chi connectivity index (χ1n) is 11.6. The van der Waals surface area contributed by atoms with E-state index in [4.69, 9.17) is 0 Å². The first-order chi connectivity index (χ1) is 16.2. The molecule has 5 N–H and O–H groups in total. The number of benzene rings is 1. The Morgan fingerprint density at radius 1 is 1.17 bits per heavy atom. The molecule has 9 nitrogen and oxygen atoms in total. The van der Waals surface area contributed by atoms with Gasteiger partial charge in [0.05, 0.1) is 11.3 Å². The van der Waals surface area contributed by atoms with Crippen molar-refractivity contribution in [3.8, 4) is 5.75 Å². The molecule has 35 heavy (non-hydrogen) atoms. The van der Waals surface area contributed by atoms with E-state index in [1.165, 1.54) is 13.0 Å². The van der Waals surface area contributed by atoms with Crippen molar-refractivity contribution in [2.24, 2.45) is 17.3 Å². The molecule has 0 unspecified atom stereocenters. The molecule has 186 valence electrons. The topological polar surface area (TPSA) is 161 Å². The van der Waals surface area contributed by atoms with E-state index < -0.39 is 57.1 Å². The predicted molar refractivity (Wildman–Crippen MR) is 125 cm³/mol. The Balaban J connectivity index is 1.83. The fourth-order valence-electron chi connectivity index (χ4n) is 5.78. The first-order valence-corrected chi connectivity index (χ1v) is 11.6. The summed E-state index contributed by atoms with van der Waals surface area (Å²) in [7, 11) is 0. The SMILES string of the molecule is CC(=O)C1=C(O)C[C@]2(C)C[C@@H]3Cc4ccc(NC(=O)CC(C)C)c(O)c4C(=O)C3=C(O)[C@]2(O)C1=O. The Hall–Kier alpha value is -3.46. The lowest BCUT2D eigenvalue weighted by molar-refractivity contribution is -0.156. The van der Waals surface area contributed by atoms with Crippen molar-refractivity contribution in [2.75, 3.05) is 5.32 Å². The normalized spacial score (nSPS) is 28.0. The molecule has 0 saturated heterocycles. The molecule has 1 amide bonds. The molecule has 0 radical (unpaired) electrons. The van der Waals surface area contributed by atoms with Crippen molar-refractivity contribution in [1.29, 1.82) is 0 Å². The third-order valence-corrected chi connectivity index (χ3v) is 7.40. The minimum Gasteiger partial charge on any atom is -0.511 e. The second kappa shape index (κ2) is 8.05. The van der Waals surface area contributed by atoms with Crippen molar-refractivity contribution in [3.05, 3.63) is 45.9 Å². The zero-order valence-electron chi connectivity index (χ0n) is 20.1. The third kappa shape index (κ3) is 3.48. The van der Waals surface area contributed by atoms with E-state index in [2.05, 4.69) is 5.32 Å². The number of fused-ring (bicyclic) bond motifs is 3. The second-order valence-corrected chi connectivity index (χ2v) is 10.5. The van der Waals surface area contributed by atoms with E-state index >= 15 is 0 Å². The number of Topliss-reactive ketones (excluding diaryl/α,β-unsaturated/α-hetero) is 3. The summed E-state index contributed by atoms with van der Waals surface area (Å²) in [6.07, 6.45) is 0.275. The molecule has 4 rings (SSSR count). The summed E-state index contributed by atoms with van der Waals surface area (Å²) >= 11 is 0. The highest BCUT2D eigenvalue weighted by atomic mass is 16.3. The van der Waals surface area contributed by atoms with Crippen LogP contribution < -0.4 is 5.32 Å². The Kier molecular flexibility index (Phi) is 5.67. The number of carbonyl (C=O) groups is 4. The minimum atomic E-state index is -2.59. The number of aliphatic hydroxyl groups excluding tert-OH is 2. The smallest absolute Gasteiger partial charge is 0.224 e. The molecule has 0 fully saturated rings. The average Bonchev–Trinajstić information content (AvgIpc) is 2.72. The molecule has 9 heteroatoms. The summed E-state index contributed by atoms with van der Waals surface area (Å²) in [4.78, 5) is 51.0. The standard InChI is InChI=1S/C26H29NO8/c1-11(2)7-17(30)27-15-6-5-13-8-14-9-25(4)10-16(29)18(12(3)28)23(33)26(25,35)24(34)20(14)22(32)19(13)21(15)31/h5-6,11,14,29,31,34-35H,7-10H2,1-4H3,(H,27,30)/t14-,25-,26+/m0/s1. The molecule has 0 saturated carbocycles. The third-order valence-electron chi connectivity index (χ3n) is 7.40. The van der Waals surface area contributed by atoms with Gasteiger partial charge in [-0.25, -0.2) is 0 Å². The Morgan fingerprint density at radius 3 is 2.43 bits per heavy atom. The lowest BCUT2D eigenvalue weighted by Gasteiger charge is -2.52. The zero-order valence-corrected chi connectivity index (χ0v) is 20.1. The van der Waals surface area contributed by atoms with Crippen LogP contribution in [0.5, 0.6) is 5.75 Å². The van der Waals surface area contributed by atoms with Crippen LogP contribution in [-0.4, -0.2) is 49.3 Å². The second-order valence-electron chi connectivity index (χ2n) is 10.5. The highest BCUT2D eigenvalue weighted by molar-refractivity contribution is 6.25. The summed E-state index contributed by atoms with van der Waals surface area (Å²) in [5.41, 5.74) is -4.34. The molecule has 0 bridgehead atoms.